The summed E-state index contributed by atoms with van der Waals surface area (Å²) in [6.45, 7) is 1.14. The molecule has 0 aliphatic carbocycles. The van der Waals surface area contributed by atoms with Gasteiger partial charge in [-0.1, -0.05) is 24.3 Å². The molecule has 1 unspecified atom stereocenters. The summed E-state index contributed by atoms with van der Waals surface area (Å²) in [5.41, 5.74) is 3.51. The van der Waals surface area contributed by atoms with E-state index >= 15 is 0 Å². The van der Waals surface area contributed by atoms with Gasteiger partial charge >= 0.3 is 6.03 Å². The number of imide groups is 2. The normalized spacial score (nSPS) is 19.2. The van der Waals surface area contributed by atoms with E-state index in [1.807, 2.05) is 24.3 Å². The van der Waals surface area contributed by atoms with E-state index in [9.17, 15) is 24.0 Å². The number of urea groups is 1. The lowest BCUT2D eigenvalue weighted by Crippen LogP contribution is -2.54. The molecule has 0 radical (unpaired) electrons. The Morgan fingerprint density at radius 1 is 1.00 bits per heavy atom. The lowest BCUT2D eigenvalue weighted by molar-refractivity contribution is -0.136. The van der Waals surface area contributed by atoms with E-state index < -0.39 is 29.7 Å². The van der Waals surface area contributed by atoms with Crippen molar-refractivity contribution in [3.63, 3.8) is 0 Å². The minimum absolute atomic E-state index is 0.0871. The zero-order valence-electron chi connectivity index (χ0n) is 18.5. The van der Waals surface area contributed by atoms with Crippen molar-refractivity contribution in [2.24, 2.45) is 0 Å². The number of nitrogens with one attached hydrogen (secondary N) is 2. The number of amides is 6. The number of hydrogen-bond acceptors (Lipinski definition) is 5. The molecule has 1 saturated heterocycles. The Hall–Kier alpha value is -4.01. The number of benzene rings is 2. The molecule has 3 aliphatic heterocycles. The Labute approximate surface area is 196 Å². The van der Waals surface area contributed by atoms with Crippen LogP contribution in [0.4, 0.5) is 10.5 Å². The number of hydrogen-bond donors (Lipinski definition) is 2. The topological polar surface area (TPSA) is 116 Å². The summed E-state index contributed by atoms with van der Waals surface area (Å²) in [6, 6.07) is 11.9. The largest absolute Gasteiger partial charge is 0.338 e. The predicted octanol–water partition coefficient (Wildman–Crippen LogP) is 1.79. The van der Waals surface area contributed by atoms with Gasteiger partial charge in [0.25, 0.3) is 11.8 Å². The van der Waals surface area contributed by atoms with Gasteiger partial charge in [0.15, 0.2) is 0 Å². The summed E-state index contributed by atoms with van der Waals surface area (Å²) in [5, 5.41) is 5.14. The monoisotopic (exact) mass is 460 g/mol. The number of piperidine rings is 1. The first-order chi connectivity index (χ1) is 16.4. The van der Waals surface area contributed by atoms with Gasteiger partial charge in [0.1, 0.15) is 6.04 Å². The van der Waals surface area contributed by atoms with Crippen LogP contribution in [0.25, 0.3) is 0 Å². The predicted molar refractivity (Wildman–Crippen MR) is 122 cm³/mol. The molecule has 5 rings (SSSR count). The number of aryl methyl sites for hydroxylation is 1. The van der Waals surface area contributed by atoms with Crippen molar-refractivity contribution in [3.05, 3.63) is 64.7 Å². The fraction of sp³-hybridized carbons (Fsp3) is 0.320. The standard InChI is InChI=1S/C25H24N4O5/c30-21-10-9-20(22(31)27-21)29-23(32)17-8-7-15(14-18(17)24(29)33)4-3-12-26-25(34)28-13-11-16-5-1-2-6-19(16)28/h1-2,5-8,14,20H,3-4,9-13H2,(H,26,34)(H,27,30,31). The zero-order valence-corrected chi connectivity index (χ0v) is 18.5. The van der Waals surface area contributed by atoms with Crippen LogP contribution in [0, 0.1) is 0 Å². The van der Waals surface area contributed by atoms with Gasteiger partial charge in [-0.15, -0.1) is 0 Å². The van der Waals surface area contributed by atoms with E-state index in [4.69, 9.17) is 0 Å². The molecule has 3 aliphatic rings. The van der Waals surface area contributed by atoms with Gasteiger partial charge in [-0.2, -0.15) is 0 Å². The summed E-state index contributed by atoms with van der Waals surface area (Å²) in [5.74, 6) is -2.06. The Bertz CT molecular complexity index is 1220. The first kappa shape index (κ1) is 21.8. The molecule has 174 valence electrons. The van der Waals surface area contributed by atoms with Gasteiger partial charge in [0, 0.05) is 25.2 Å². The van der Waals surface area contributed by atoms with Crippen molar-refractivity contribution in [2.45, 2.75) is 38.1 Å². The van der Waals surface area contributed by atoms with Crippen LogP contribution in [0.2, 0.25) is 0 Å². The molecule has 6 amide bonds. The van der Waals surface area contributed by atoms with Gasteiger partial charge in [-0.3, -0.25) is 34.3 Å². The van der Waals surface area contributed by atoms with Crippen LogP contribution in [0.5, 0.6) is 0 Å². The first-order valence-electron chi connectivity index (χ1n) is 11.4. The van der Waals surface area contributed by atoms with E-state index in [0.29, 0.717) is 25.9 Å². The number of nitrogens with zero attached hydrogens (tertiary/aromatic N) is 2. The van der Waals surface area contributed by atoms with E-state index in [0.717, 1.165) is 22.6 Å². The van der Waals surface area contributed by atoms with Crippen LogP contribution >= 0.6 is 0 Å². The minimum atomic E-state index is -0.973. The minimum Gasteiger partial charge on any atom is -0.338 e. The molecule has 3 heterocycles. The summed E-state index contributed by atoms with van der Waals surface area (Å²) in [4.78, 5) is 64.6. The van der Waals surface area contributed by atoms with E-state index in [-0.39, 0.29) is 30.0 Å². The van der Waals surface area contributed by atoms with Crippen LogP contribution in [0.1, 0.15) is 51.1 Å². The van der Waals surface area contributed by atoms with E-state index in [2.05, 4.69) is 10.6 Å². The van der Waals surface area contributed by atoms with E-state index in [1.165, 1.54) is 5.56 Å². The fourth-order valence-corrected chi connectivity index (χ4v) is 4.81. The highest BCUT2D eigenvalue weighted by Gasteiger charge is 2.44. The maximum Gasteiger partial charge on any atom is 0.321 e. The Kier molecular flexibility index (Phi) is 5.61. The van der Waals surface area contributed by atoms with Crippen LogP contribution in [-0.2, 0) is 22.4 Å². The zero-order chi connectivity index (χ0) is 23.8. The van der Waals surface area contributed by atoms with Crippen molar-refractivity contribution in [1.29, 1.82) is 0 Å². The average Bonchev–Trinajstić information content (AvgIpc) is 3.36. The van der Waals surface area contributed by atoms with Crippen molar-refractivity contribution in [1.82, 2.24) is 15.5 Å². The lowest BCUT2D eigenvalue weighted by Gasteiger charge is -2.27. The molecule has 1 atom stereocenters. The second-order valence-electron chi connectivity index (χ2n) is 8.69. The molecule has 34 heavy (non-hydrogen) atoms. The Balaban J connectivity index is 1.18. The molecule has 0 spiro atoms. The fourth-order valence-electron chi connectivity index (χ4n) is 4.81. The second-order valence-corrected chi connectivity index (χ2v) is 8.69. The smallest absolute Gasteiger partial charge is 0.321 e. The summed E-state index contributed by atoms with van der Waals surface area (Å²) in [7, 11) is 0. The van der Waals surface area contributed by atoms with Crippen molar-refractivity contribution >= 4 is 35.3 Å². The number of para-hydroxylation sites is 1. The van der Waals surface area contributed by atoms with Gasteiger partial charge in [-0.05, 0) is 55.0 Å². The highest BCUT2D eigenvalue weighted by Crippen LogP contribution is 2.29. The van der Waals surface area contributed by atoms with Crippen LogP contribution in [0.15, 0.2) is 42.5 Å². The van der Waals surface area contributed by atoms with E-state index in [1.54, 1.807) is 23.1 Å². The van der Waals surface area contributed by atoms with Crippen LogP contribution < -0.4 is 15.5 Å². The van der Waals surface area contributed by atoms with Crippen LogP contribution in [0.3, 0.4) is 0 Å². The number of carbonyl (C=O) groups is 5. The molecule has 2 aromatic rings. The molecular weight excluding hydrogens is 436 g/mol. The van der Waals surface area contributed by atoms with Gasteiger partial charge in [0.05, 0.1) is 11.1 Å². The molecule has 2 N–H and O–H groups in total. The highest BCUT2D eigenvalue weighted by molar-refractivity contribution is 6.23. The molecule has 0 saturated carbocycles. The number of anilines is 1. The quantitative estimate of drug-likeness (QED) is 0.521. The average molecular weight is 460 g/mol. The number of rotatable bonds is 5. The molecule has 9 heteroatoms. The number of carbonyl (C=O) groups excluding carboxylic acids is 5. The number of fused-ring (bicyclic) bond motifs is 2. The van der Waals surface area contributed by atoms with Crippen molar-refractivity contribution < 1.29 is 24.0 Å². The Morgan fingerprint density at radius 3 is 2.62 bits per heavy atom. The molecule has 9 nitrogen and oxygen atoms in total. The summed E-state index contributed by atoms with van der Waals surface area (Å²) >= 11 is 0. The third kappa shape index (κ3) is 3.83. The maximum absolute atomic E-state index is 12.9. The second kappa shape index (κ2) is 8.74. The molecular formula is C25H24N4O5. The third-order valence-electron chi connectivity index (χ3n) is 6.55. The third-order valence-corrected chi connectivity index (χ3v) is 6.55. The molecule has 0 aromatic heterocycles. The van der Waals surface area contributed by atoms with Gasteiger partial charge in [-0.25, -0.2) is 4.79 Å². The molecule has 1 fully saturated rings. The highest BCUT2D eigenvalue weighted by atomic mass is 16.2. The maximum atomic E-state index is 12.9. The van der Waals surface area contributed by atoms with Crippen molar-refractivity contribution in [3.8, 4) is 0 Å². The summed E-state index contributed by atoms with van der Waals surface area (Å²) < 4.78 is 0. The Morgan fingerprint density at radius 2 is 1.79 bits per heavy atom. The van der Waals surface area contributed by atoms with Gasteiger partial charge < -0.3 is 5.32 Å². The summed E-state index contributed by atoms with van der Waals surface area (Å²) in [6.07, 6.45) is 2.35. The van der Waals surface area contributed by atoms with Crippen LogP contribution in [-0.4, -0.2) is 53.7 Å². The first-order valence-corrected chi connectivity index (χ1v) is 11.4. The molecule has 0 bridgehead atoms. The SMILES string of the molecule is O=C1CCC(N2C(=O)c3ccc(CCCNC(=O)N4CCc5ccccc54)cc3C2=O)C(=O)N1. The lowest BCUT2D eigenvalue weighted by atomic mass is 10.0. The van der Waals surface area contributed by atoms with Crippen molar-refractivity contribution in [2.75, 3.05) is 18.0 Å². The molecule has 2 aromatic carbocycles. The van der Waals surface area contributed by atoms with Gasteiger partial charge in [0.2, 0.25) is 11.8 Å².